The fourth-order valence-corrected chi connectivity index (χ4v) is 3.00. The Morgan fingerprint density at radius 3 is 2.00 bits per heavy atom. The molecule has 0 bridgehead atoms. The number of carbonyl (C=O) groups excluding carboxylic acids is 2. The summed E-state index contributed by atoms with van der Waals surface area (Å²) in [4.78, 5) is 25.5. The Morgan fingerprint density at radius 1 is 1.12 bits per heavy atom. The summed E-state index contributed by atoms with van der Waals surface area (Å²) in [6.45, 7) is 3.85. The van der Waals surface area contributed by atoms with Crippen molar-refractivity contribution in [2.24, 2.45) is 5.41 Å². The Hall–Kier alpha value is -1.37. The first-order chi connectivity index (χ1) is 7.90. The minimum atomic E-state index is -0.843. The molecule has 2 amide bonds. The third-order valence-corrected chi connectivity index (χ3v) is 3.83. The average molecular weight is 234 g/mol. The van der Waals surface area contributed by atoms with Gasteiger partial charge in [-0.05, 0) is 31.1 Å². The van der Waals surface area contributed by atoms with Crippen LogP contribution in [0.15, 0.2) is 0 Å². The lowest BCUT2D eigenvalue weighted by Gasteiger charge is -2.41. The number of likely N-dealkylation sites (tertiary alicyclic amines) is 1. The minimum Gasteiger partial charge on any atom is -0.274 e. The van der Waals surface area contributed by atoms with Crippen LogP contribution in [0.25, 0.3) is 0 Å². The molecule has 0 aromatic heterocycles. The number of hydrogen-bond acceptors (Lipinski definition) is 3. The van der Waals surface area contributed by atoms with Crippen LogP contribution in [0.2, 0.25) is 0 Å². The molecule has 0 spiro atoms. The van der Waals surface area contributed by atoms with Crippen LogP contribution >= 0.6 is 0 Å². The zero-order valence-electron chi connectivity index (χ0n) is 10.5. The zero-order chi connectivity index (χ0) is 12.7. The summed E-state index contributed by atoms with van der Waals surface area (Å²) in [7, 11) is 0. The van der Waals surface area contributed by atoms with Crippen molar-refractivity contribution < 1.29 is 9.59 Å². The number of amides is 2. The third-order valence-electron chi connectivity index (χ3n) is 3.83. The number of piperidine rings is 1. The van der Waals surface area contributed by atoms with E-state index in [9.17, 15) is 14.9 Å². The van der Waals surface area contributed by atoms with Crippen LogP contribution in [0.5, 0.6) is 0 Å². The van der Waals surface area contributed by atoms with E-state index in [4.69, 9.17) is 0 Å². The van der Waals surface area contributed by atoms with Gasteiger partial charge in [-0.15, -0.1) is 0 Å². The second kappa shape index (κ2) is 3.83. The molecular formula is C13H18N2O2. The van der Waals surface area contributed by atoms with Crippen LogP contribution in [0, 0.1) is 16.7 Å². The number of nitriles is 1. The standard InChI is InChI=1S/C13H18N2O2/c1-12(2)7-10(16)15(11(17)8-12)13(9-14)5-3-4-6-13/h3-8H2,1-2H3. The fraction of sp³-hybridized carbons (Fsp3) is 0.769. The molecule has 2 rings (SSSR count). The van der Waals surface area contributed by atoms with Gasteiger partial charge in [0.25, 0.3) is 0 Å². The van der Waals surface area contributed by atoms with Gasteiger partial charge in [-0.3, -0.25) is 14.5 Å². The highest BCUT2D eigenvalue weighted by Crippen LogP contribution is 2.41. The Bertz CT molecular complexity index is 380. The summed E-state index contributed by atoms with van der Waals surface area (Å²) in [5.41, 5.74) is -1.11. The number of imide groups is 1. The van der Waals surface area contributed by atoms with E-state index < -0.39 is 5.54 Å². The van der Waals surface area contributed by atoms with Gasteiger partial charge in [-0.25, -0.2) is 0 Å². The van der Waals surface area contributed by atoms with E-state index in [-0.39, 0.29) is 17.2 Å². The summed E-state index contributed by atoms with van der Waals surface area (Å²) >= 11 is 0. The van der Waals surface area contributed by atoms with Gasteiger partial charge in [0, 0.05) is 12.8 Å². The van der Waals surface area contributed by atoms with Gasteiger partial charge >= 0.3 is 0 Å². The second-order valence-corrected chi connectivity index (χ2v) is 5.99. The molecule has 0 aromatic carbocycles. The summed E-state index contributed by atoms with van der Waals surface area (Å²) in [5.74, 6) is -0.343. The highest BCUT2D eigenvalue weighted by atomic mass is 16.2. The quantitative estimate of drug-likeness (QED) is 0.652. The molecule has 1 heterocycles. The minimum absolute atomic E-state index is 0.172. The first kappa shape index (κ1) is 12.1. The third kappa shape index (κ3) is 1.95. The maximum absolute atomic E-state index is 12.1. The van der Waals surface area contributed by atoms with Crippen LogP contribution in [-0.4, -0.2) is 22.3 Å². The van der Waals surface area contributed by atoms with Gasteiger partial charge in [0.05, 0.1) is 6.07 Å². The molecule has 1 saturated carbocycles. The number of hydrogen-bond donors (Lipinski definition) is 0. The SMILES string of the molecule is CC1(C)CC(=O)N(C2(C#N)CCCC2)C(=O)C1. The lowest BCUT2D eigenvalue weighted by atomic mass is 9.79. The Morgan fingerprint density at radius 2 is 1.59 bits per heavy atom. The molecule has 0 unspecified atom stereocenters. The van der Waals surface area contributed by atoms with E-state index in [1.807, 2.05) is 13.8 Å². The van der Waals surface area contributed by atoms with Gasteiger partial charge in [-0.2, -0.15) is 5.26 Å². The van der Waals surface area contributed by atoms with E-state index in [2.05, 4.69) is 6.07 Å². The van der Waals surface area contributed by atoms with Gasteiger partial charge in [-0.1, -0.05) is 13.8 Å². The smallest absolute Gasteiger partial charge is 0.231 e. The monoisotopic (exact) mass is 234 g/mol. The molecule has 1 aliphatic heterocycles. The Balaban J connectivity index is 2.30. The van der Waals surface area contributed by atoms with E-state index in [0.29, 0.717) is 25.7 Å². The normalized spacial score (nSPS) is 27.0. The van der Waals surface area contributed by atoms with Crippen LogP contribution in [0.1, 0.15) is 52.4 Å². The maximum Gasteiger partial charge on any atom is 0.231 e. The molecular weight excluding hydrogens is 216 g/mol. The summed E-state index contributed by atoms with van der Waals surface area (Å²) < 4.78 is 0. The van der Waals surface area contributed by atoms with Gasteiger partial charge < -0.3 is 0 Å². The zero-order valence-corrected chi connectivity index (χ0v) is 10.5. The number of nitrogens with zero attached hydrogens (tertiary/aromatic N) is 2. The molecule has 17 heavy (non-hydrogen) atoms. The van der Waals surface area contributed by atoms with E-state index in [1.54, 1.807) is 0 Å². The molecule has 2 aliphatic rings. The first-order valence-electron chi connectivity index (χ1n) is 6.17. The highest BCUT2D eigenvalue weighted by Gasteiger charge is 2.50. The predicted octanol–water partition coefficient (Wildman–Crippen LogP) is 2.00. The van der Waals surface area contributed by atoms with Crippen molar-refractivity contribution in [3.63, 3.8) is 0 Å². The van der Waals surface area contributed by atoms with Crippen LogP contribution in [0.4, 0.5) is 0 Å². The molecule has 0 atom stereocenters. The lowest BCUT2D eigenvalue weighted by Crippen LogP contribution is -2.57. The van der Waals surface area contributed by atoms with Crippen molar-refractivity contribution in [2.45, 2.75) is 57.9 Å². The predicted molar refractivity (Wildman–Crippen MR) is 61.7 cm³/mol. The topological polar surface area (TPSA) is 61.2 Å². The van der Waals surface area contributed by atoms with Crippen molar-refractivity contribution >= 4 is 11.8 Å². The molecule has 2 fully saturated rings. The molecule has 1 aliphatic carbocycles. The number of carbonyl (C=O) groups is 2. The molecule has 0 radical (unpaired) electrons. The fourth-order valence-electron chi connectivity index (χ4n) is 3.00. The van der Waals surface area contributed by atoms with Crippen molar-refractivity contribution in [3.8, 4) is 6.07 Å². The summed E-state index contributed by atoms with van der Waals surface area (Å²) in [5, 5.41) is 9.34. The molecule has 0 N–H and O–H groups in total. The van der Waals surface area contributed by atoms with Crippen molar-refractivity contribution in [1.29, 1.82) is 5.26 Å². The summed E-state index contributed by atoms with van der Waals surface area (Å²) in [6, 6.07) is 2.22. The average Bonchev–Trinajstić information content (AvgIpc) is 2.64. The van der Waals surface area contributed by atoms with E-state index in [0.717, 1.165) is 12.8 Å². The number of rotatable bonds is 1. The molecule has 4 nitrogen and oxygen atoms in total. The second-order valence-electron chi connectivity index (χ2n) is 5.99. The Kier molecular flexibility index (Phi) is 2.73. The summed E-state index contributed by atoms with van der Waals surface area (Å²) in [6.07, 6.45) is 3.86. The Labute approximate surface area is 102 Å². The van der Waals surface area contributed by atoms with Crippen molar-refractivity contribution in [1.82, 2.24) is 4.90 Å². The van der Waals surface area contributed by atoms with Crippen LogP contribution < -0.4 is 0 Å². The van der Waals surface area contributed by atoms with E-state index in [1.165, 1.54) is 4.90 Å². The molecule has 4 heteroatoms. The van der Waals surface area contributed by atoms with Gasteiger partial charge in [0.15, 0.2) is 0 Å². The highest BCUT2D eigenvalue weighted by molar-refractivity contribution is 5.99. The lowest BCUT2D eigenvalue weighted by molar-refractivity contribution is -0.158. The van der Waals surface area contributed by atoms with Crippen LogP contribution in [-0.2, 0) is 9.59 Å². The van der Waals surface area contributed by atoms with Gasteiger partial charge in [0.1, 0.15) is 5.54 Å². The molecule has 0 aromatic rings. The maximum atomic E-state index is 12.1. The first-order valence-corrected chi connectivity index (χ1v) is 6.17. The largest absolute Gasteiger partial charge is 0.274 e. The van der Waals surface area contributed by atoms with Crippen LogP contribution in [0.3, 0.4) is 0 Å². The molecule has 1 saturated heterocycles. The van der Waals surface area contributed by atoms with E-state index >= 15 is 0 Å². The van der Waals surface area contributed by atoms with Crippen molar-refractivity contribution in [3.05, 3.63) is 0 Å². The molecule has 92 valence electrons. The van der Waals surface area contributed by atoms with Gasteiger partial charge in [0.2, 0.25) is 11.8 Å². The van der Waals surface area contributed by atoms with Crippen molar-refractivity contribution in [2.75, 3.05) is 0 Å².